The lowest BCUT2D eigenvalue weighted by Gasteiger charge is -2.09. The second-order valence-electron chi connectivity index (χ2n) is 6.36. The molecule has 28 heavy (non-hydrogen) atoms. The lowest BCUT2D eigenvalue weighted by atomic mass is 10.1. The van der Waals surface area contributed by atoms with Gasteiger partial charge in [0.25, 0.3) is 0 Å². The average molecular weight is 401 g/mol. The number of nitrogens with one attached hydrogen (secondary N) is 1. The van der Waals surface area contributed by atoms with Crippen LogP contribution in [0.4, 0.5) is 5.00 Å². The summed E-state index contributed by atoms with van der Waals surface area (Å²) in [6, 6.07) is 8.01. The Morgan fingerprint density at radius 3 is 2.64 bits per heavy atom. The van der Waals surface area contributed by atoms with Gasteiger partial charge in [-0.05, 0) is 51.3 Å². The first-order chi connectivity index (χ1) is 13.4. The summed E-state index contributed by atoms with van der Waals surface area (Å²) in [7, 11) is 0. The van der Waals surface area contributed by atoms with Crippen molar-refractivity contribution in [1.82, 2.24) is 0 Å². The number of carbonyl (C=O) groups excluding carboxylic acids is 2. The average Bonchev–Trinajstić information content (AvgIpc) is 2.95. The number of anilines is 1. The lowest BCUT2D eigenvalue weighted by molar-refractivity contribution is -0.116. The second-order valence-corrected chi connectivity index (χ2v) is 7.38. The maximum absolute atomic E-state index is 12.2. The van der Waals surface area contributed by atoms with Crippen LogP contribution in [0.5, 0.6) is 5.75 Å². The summed E-state index contributed by atoms with van der Waals surface area (Å²) in [6.45, 7) is 8.07. The van der Waals surface area contributed by atoms with E-state index in [2.05, 4.69) is 5.32 Å². The zero-order valence-corrected chi connectivity index (χ0v) is 17.4. The minimum absolute atomic E-state index is 0.225. The fraction of sp³-hybridized carbons (Fsp3) is 0.381. The minimum Gasteiger partial charge on any atom is -0.493 e. The molecule has 0 aliphatic carbocycles. The Bertz CT molecular complexity index is 912. The van der Waals surface area contributed by atoms with Gasteiger partial charge in [0.15, 0.2) is 0 Å². The molecule has 0 aliphatic heterocycles. The van der Waals surface area contributed by atoms with E-state index in [1.807, 2.05) is 38.1 Å². The van der Waals surface area contributed by atoms with Gasteiger partial charge in [-0.15, -0.1) is 11.3 Å². The van der Waals surface area contributed by atoms with E-state index in [4.69, 9.17) is 9.47 Å². The van der Waals surface area contributed by atoms with Gasteiger partial charge in [-0.3, -0.25) is 4.79 Å². The number of nitriles is 1. The van der Waals surface area contributed by atoms with Gasteiger partial charge in [-0.25, -0.2) is 4.79 Å². The number of benzene rings is 1. The molecule has 0 spiro atoms. The monoisotopic (exact) mass is 400 g/mol. The Kier molecular flexibility index (Phi) is 7.59. The van der Waals surface area contributed by atoms with Gasteiger partial charge in [0.2, 0.25) is 5.91 Å². The number of nitrogens with zero attached hydrogens (tertiary/aromatic N) is 1. The van der Waals surface area contributed by atoms with Crippen LogP contribution in [0.2, 0.25) is 0 Å². The molecule has 0 aliphatic rings. The molecule has 148 valence electrons. The maximum Gasteiger partial charge on any atom is 0.348 e. The fourth-order valence-electron chi connectivity index (χ4n) is 2.69. The van der Waals surface area contributed by atoms with Crippen molar-refractivity contribution in [2.45, 2.75) is 40.5 Å². The number of amides is 1. The number of carbonyl (C=O) groups is 2. The molecule has 6 nitrogen and oxygen atoms in total. The van der Waals surface area contributed by atoms with Gasteiger partial charge >= 0.3 is 5.97 Å². The van der Waals surface area contributed by atoms with Crippen molar-refractivity contribution in [3.8, 4) is 11.8 Å². The predicted octanol–water partition coefficient (Wildman–Crippen LogP) is 4.52. The first-order valence-electron chi connectivity index (χ1n) is 9.07. The molecule has 0 radical (unpaired) electrons. The molecule has 1 heterocycles. The molecule has 0 saturated heterocycles. The van der Waals surface area contributed by atoms with E-state index in [9.17, 15) is 14.9 Å². The second kappa shape index (κ2) is 9.90. The van der Waals surface area contributed by atoms with E-state index in [1.54, 1.807) is 13.8 Å². The fourth-order valence-corrected chi connectivity index (χ4v) is 3.76. The Morgan fingerprint density at radius 2 is 2.00 bits per heavy atom. The van der Waals surface area contributed by atoms with Gasteiger partial charge < -0.3 is 14.8 Å². The van der Waals surface area contributed by atoms with Crippen molar-refractivity contribution >= 4 is 28.2 Å². The van der Waals surface area contributed by atoms with Gasteiger partial charge in [-0.2, -0.15) is 5.26 Å². The molecule has 1 aromatic heterocycles. The Morgan fingerprint density at radius 1 is 1.25 bits per heavy atom. The van der Waals surface area contributed by atoms with Gasteiger partial charge in [0.05, 0.1) is 18.8 Å². The highest BCUT2D eigenvalue weighted by atomic mass is 32.1. The van der Waals surface area contributed by atoms with Crippen LogP contribution in [0.25, 0.3) is 0 Å². The first-order valence-corrected chi connectivity index (χ1v) is 9.89. The molecule has 2 aromatic rings. The lowest BCUT2D eigenvalue weighted by Crippen LogP contribution is -2.12. The zero-order chi connectivity index (χ0) is 20.7. The molecule has 0 unspecified atom stereocenters. The van der Waals surface area contributed by atoms with Crippen molar-refractivity contribution in [2.75, 3.05) is 18.5 Å². The Balaban J connectivity index is 1.91. The standard InChI is InChI=1S/C21H24N2O4S/c1-5-26-21(25)19-15(4)16(12-22)20(28-19)23-18(24)7-6-10-27-17-9-8-13(2)11-14(17)3/h8-9,11H,5-7,10H2,1-4H3,(H,23,24). The Hall–Kier alpha value is -2.85. The number of hydrogen-bond donors (Lipinski definition) is 1. The Labute approximate surface area is 169 Å². The minimum atomic E-state index is -0.483. The third-order valence-corrected chi connectivity index (χ3v) is 5.30. The first kappa shape index (κ1) is 21.5. The van der Waals surface area contributed by atoms with Crippen LogP contribution in [0, 0.1) is 32.1 Å². The number of thiophene rings is 1. The number of esters is 1. The summed E-state index contributed by atoms with van der Waals surface area (Å²) in [5.74, 6) is 0.104. The highest BCUT2D eigenvalue weighted by Crippen LogP contribution is 2.33. The van der Waals surface area contributed by atoms with Gasteiger partial charge in [0.1, 0.15) is 21.7 Å². The van der Waals surface area contributed by atoms with Crippen LogP contribution in [-0.4, -0.2) is 25.1 Å². The van der Waals surface area contributed by atoms with Crippen molar-refractivity contribution in [2.24, 2.45) is 0 Å². The summed E-state index contributed by atoms with van der Waals surface area (Å²) >= 11 is 1.07. The summed E-state index contributed by atoms with van der Waals surface area (Å²) in [5.41, 5.74) is 3.06. The van der Waals surface area contributed by atoms with Crippen LogP contribution < -0.4 is 10.1 Å². The van der Waals surface area contributed by atoms with E-state index in [-0.39, 0.29) is 18.9 Å². The van der Waals surface area contributed by atoms with Crippen LogP contribution in [0.15, 0.2) is 18.2 Å². The third-order valence-electron chi connectivity index (χ3n) is 4.11. The SMILES string of the molecule is CCOC(=O)c1sc(NC(=O)CCCOc2ccc(C)cc2C)c(C#N)c1C. The predicted molar refractivity (Wildman–Crippen MR) is 109 cm³/mol. The molecule has 0 saturated carbocycles. The largest absolute Gasteiger partial charge is 0.493 e. The van der Waals surface area contributed by atoms with Gasteiger partial charge in [0, 0.05) is 6.42 Å². The quantitative estimate of drug-likeness (QED) is 0.520. The van der Waals surface area contributed by atoms with E-state index in [0.717, 1.165) is 22.6 Å². The summed E-state index contributed by atoms with van der Waals surface area (Å²) < 4.78 is 10.7. The normalized spacial score (nSPS) is 10.2. The van der Waals surface area contributed by atoms with E-state index < -0.39 is 5.97 Å². The molecular weight excluding hydrogens is 376 g/mol. The van der Waals surface area contributed by atoms with Crippen LogP contribution in [0.1, 0.15) is 51.7 Å². The number of ether oxygens (including phenoxy) is 2. The number of aryl methyl sites for hydroxylation is 2. The van der Waals surface area contributed by atoms with Gasteiger partial charge in [-0.1, -0.05) is 17.7 Å². The van der Waals surface area contributed by atoms with Crippen LogP contribution >= 0.6 is 11.3 Å². The molecule has 1 amide bonds. The van der Waals surface area contributed by atoms with Crippen molar-refractivity contribution in [3.05, 3.63) is 45.3 Å². The molecule has 0 atom stereocenters. The highest BCUT2D eigenvalue weighted by molar-refractivity contribution is 7.18. The van der Waals surface area contributed by atoms with Crippen LogP contribution in [-0.2, 0) is 9.53 Å². The third kappa shape index (κ3) is 5.33. The summed E-state index contributed by atoms with van der Waals surface area (Å²) in [5, 5.41) is 12.5. The molecule has 1 aromatic carbocycles. The molecule has 7 heteroatoms. The molecule has 0 bridgehead atoms. The smallest absolute Gasteiger partial charge is 0.348 e. The molecule has 2 rings (SSSR count). The van der Waals surface area contributed by atoms with Crippen molar-refractivity contribution in [1.29, 1.82) is 5.26 Å². The van der Waals surface area contributed by atoms with Crippen molar-refractivity contribution < 1.29 is 19.1 Å². The number of hydrogen-bond acceptors (Lipinski definition) is 6. The number of rotatable bonds is 8. The highest BCUT2D eigenvalue weighted by Gasteiger charge is 2.22. The van der Waals surface area contributed by atoms with E-state index in [1.165, 1.54) is 5.56 Å². The van der Waals surface area contributed by atoms with Crippen LogP contribution in [0.3, 0.4) is 0 Å². The van der Waals surface area contributed by atoms with E-state index >= 15 is 0 Å². The summed E-state index contributed by atoms with van der Waals surface area (Å²) in [6.07, 6.45) is 0.789. The zero-order valence-electron chi connectivity index (χ0n) is 16.5. The maximum atomic E-state index is 12.2. The summed E-state index contributed by atoms with van der Waals surface area (Å²) in [4.78, 5) is 24.6. The van der Waals surface area contributed by atoms with E-state index in [0.29, 0.717) is 34.0 Å². The topological polar surface area (TPSA) is 88.4 Å². The molecule has 0 fully saturated rings. The molecular formula is C21H24N2O4S. The molecule has 1 N–H and O–H groups in total. The van der Waals surface area contributed by atoms with Crippen molar-refractivity contribution in [3.63, 3.8) is 0 Å².